The van der Waals surface area contributed by atoms with Crippen molar-refractivity contribution in [2.45, 2.75) is 38.6 Å². The van der Waals surface area contributed by atoms with Crippen molar-refractivity contribution < 1.29 is 18.0 Å². The molecule has 0 radical (unpaired) electrons. The number of anilines is 1. The van der Waals surface area contributed by atoms with E-state index in [9.17, 15) is 18.0 Å². The Morgan fingerprint density at radius 3 is 2.46 bits per heavy atom. The first-order valence-electron chi connectivity index (χ1n) is 9.16. The number of benzene rings is 1. The smallest absolute Gasteiger partial charge is 0.273 e. The Balaban J connectivity index is 2.05. The molecule has 28 heavy (non-hydrogen) atoms. The Bertz CT molecular complexity index is 921. The minimum Gasteiger partial charge on any atom is -0.350 e. The molecule has 9 heteroatoms. The van der Waals surface area contributed by atoms with Crippen LogP contribution in [0.5, 0.6) is 0 Å². The molecular formula is C19H26N4O4S. The fourth-order valence-corrected chi connectivity index (χ4v) is 3.67. The number of rotatable bonds is 9. The van der Waals surface area contributed by atoms with Gasteiger partial charge in [0.1, 0.15) is 0 Å². The Morgan fingerprint density at radius 1 is 1.18 bits per heavy atom. The third kappa shape index (κ3) is 5.91. The van der Waals surface area contributed by atoms with Gasteiger partial charge in [-0.3, -0.25) is 14.3 Å². The lowest BCUT2D eigenvalue weighted by Gasteiger charge is -2.08. The average Bonchev–Trinajstić information content (AvgIpc) is 3.08. The maximum Gasteiger partial charge on any atom is 0.273 e. The van der Waals surface area contributed by atoms with Crippen LogP contribution in [0.2, 0.25) is 0 Å². The predicted molar refractivity (Wildman–Crippen MR) is 107 cm³/mol. The molecule has 1 aromatic heterocycles. The summed E-state index contributed by atoms with van der Waals surface area (Å²) >= 11 is 0. The van der Waals surface area contributed by atoms with Gasteiger partial charge in [-0.2, -0.15) is 5.10 Å². The molecule has 152 valence electrons. The van der Waals surface area contributed by atoms with Gasteiger partial charge in [0.25, 0.3) is 5.91 Å². The maximum absolute atomic E-state index is 12.3. The van der Waals surface area contributed by atoms with E-state index >= 15 is 0 Å². The van der Waals surface area contributed by atoms with E-state index < -0.39 is 15.7 Å². The van der Waals surface area contributed by atoms with Gasteiger partial charge in [0.05, 0.1) is 16.3 Å². The summed E-state index contributed by atoms with van der Waals surface area (Å²) in [4.78, 5) is 24.8. The normalized spacial score (nSPS) is 11.4. The second-order valence-corrected chi connectivity index (χ2v) is 8.89. The Kier molecular flexibility index (Phi) is 7.33. The first-order valence-corrected chi connectivity index (χ1v) is 10.8. The Hall–Kier alpha value is -2.68. The van der Waals surface area contributed by atoms with E-state index in [2.05, 4.69) is 15.7 Å². The highest BCUT2D eigenvalue weighted by Crippen LogP contribution is 2.16. The molecule has 2 aromatic rings. The molecule has 1 heterocycles. The highest BCUT2D eigenvalue weighted by molar-refractivity contribution is 7.91. The summed E-state index contributed by atoms with van der Waals surface area (Å²) in [7, 11) is -3.55. The largest absolute Gasteiger partial charge is 0.350 e. The fourth-order valence-electron chi connectivity index (χ4n) is 2.41. The van der Waals surface area contributed by atoms with Crippen molar-refractivity contribution in [2.24, 2.45) is 5.92 Å². The summed E-state index contributed by atoms with van der Waals surface area (Å²) in [5, 5.41) is 9.56. The second-order valence-electron chi connectivity index (χ2n) is 6.78. The molecule has 0 bridgehead atoms. The van der Waals surface area contributed by atoms with Crippen LogP contribution in [0.25, 0.3) is 0 Å². The number of carbonyl (C=O) groups excluding carboxylic acids is 2. The monoisotopic (exact) mass is 406 g/mol. The number of amides is 2. The Morgan fingerprint density at radius 2 is 1.86 bits per heavy atom. The summed E-state index contributed by atoms with van der Waals surface area (Å²) in [6.07, 6.45) is 1.34. The summed E-state index contributed by atoms with van der Waals surface area (Å²) in [5.41, 5.74) is 0.381. The molecular weight excluding hydrogens is 380 g/mol. The molecule has 2 amide bonds. The number of hydrogen-bond donors (Lipinski definition) is 2. The van der Waals surface area contributed by atoms with Crippen LogP contribution in [0.3, 0.4) is 0 Å². The van der Waals surface area contributed by atoms with Crippen LogP contribution in [-0.4, -0.2) is 42.3 Å². The van der Waals surface area contributed by atoms with Crippen molar-refractivity contribution in [1.82, 2.24) is 15.1 Å². The van der Waals surface area contributed by atoms with E-state index in [0.29, 0.717) is 13.1 Å². The zero-order valence-electron chi connectivity index (χ0n) is 16.3. The topological polar surface area (TPSA) is 110 Å². The number of aryl methyl sites for hydroxylation is 1. The molecule has 2 rings (SSSR count). The molecule has 0 spiro atoms. The second kappa shape index (κ2) is 9.50. The first-order chi connectivity index (χ1) is 13.2. The lowest BCUT2D eigenvalue weighted by molar-refractivity contribution is -0.115. The first kappa shape index (κ1) is 21.6. The van der Waals surface area contributed by atoms with Gasteiger partial charge in [-0.25, -0.2) is 8.42 Å². The number of nitrogens with one attached hydrogen (secondary N) is 2. The van der Waals surface area contributed by atoms with Crippen molar-refractivity contribution in [2.75, 3.05) is 17.6 Å². The van der Waals surface area contributed by atoms with Crippen molar-refractivity contribution >= 4 is 27.3 Å². The molecule has 0 saturated carbocycles. The van der Waals surface area contributed by atoms with E-state index in [-0.39, 0.29) is 40.3 Å². The minimum absolute atomic E-state index is 0.113. The average molecular weight is 407 g/mol. The van der Waals surface area contributed by atoms with Crippen molar-refractivity contribution in [3.63, 3.8) is 0 Å². The molecule has 0 fully saturated rings. The van der Waals surface area contributed by atoms with E-state index in [1.807, 2.05) is 20.8 Å². The van der Waals surface area contributed by atoms with Gasteiger partial charge in [0.2, 0.25) is 5.91 Å². The zero-order valence-corrected chi connectivity index (χ0v) is 17.1. The summed E-state index contributed by atoms with van der Waals surface area (Å²) in [6.45, 7) is 6.83. The molecule has 0 unspecified atom stereocenters. The van der Waals surface area contributed by atoms with Crippen LogP contribution in [-0.2, 0) is 21.2 Å². The molecule has 0 aliphatic heterocycles. The predicted octanol–water partition coefficient (Wildman–Crippen LogP) is 2.09. The van der Waals surface area contributed by atoms with Crippen LogP contribution in [0.4, 0.5) is 5.69 Å². The molecule has 0 aliphatic rings. The summed E-state index contributed by atoms with van der Waals surface area (Å²) in [5.74, 6) is -0.917. The lowest BCUT2D eigenvalue weighted by Crippen LogP contribution is -2.29. The zero-order chi connectivity index (χ0) is 20.7. The number of hydrogen-bond acceptors (Lipinski definition) is 5. The van der Waals surface area contributed by atoms with Gasteiger partial charge in [0, 0.05) is 25.7 Å². The standard InChI is InChI=1S/C19H26N4O4S/c1-4-23-13-16(18(22-23)19(25)20-12-14(2)3)21-17(24)10-11-28(26,27)15-8-6-5-7-9-15/h5-9,13-14H,4,10-12H2,1-3H3,(H,20,25)(H,21,24). The van der Waals surface area contributed by atoms with Gasteiger partial charge in [-0.1, -0.05) is 32.0 Å². The molecule has 2 N–H and O–H groups in total. The van der Waals surface area contributed by atoms with Crippen LogP contribution in [0, 0.1) is 5.92 Å². The molecule has 0 aliphatic carbocycles. The van der Waals surface area contributed by atoms with Gasteiger partial charge in [-0.05, 0) is 25.0 Å². The van der Waals surface area contributed by atoms with Crippen molar-refractivity contribution in [1.29, 1.82) is 0 Å². The minimum atomic E-state index is -3.55. The fraction of sp³-hybridized carbons (Fsp3) is 0.421. The SMILES string of the molecule is CCn1cc(NC(=O)CCS(=O)(=O)c2ccccc2)c(C(=O)NCC(C)C)n1. The van der Waals surface area contributed by atoms with Gasteiger partial charge in [0.15, 0.2) is 15.5 Å². The van der Waals surface area contributed by atoms with E-state index in [1.165, 1.54) is 12.1 Å². The van der Waals surface area contributed by atoms with E-state index in [1.54, 1.807) is 29.1 Å². The molecule has 1 aromatic carbocycles. The number of nitrogens with zero attached hydrogens (tertiary/aromatic N) is 2. The number of aromatic nitrogens is 2. The quantitative estimate of drug-likeness (QED) is 0.663. The van der Waals surface area contributed by atoms with Crippen LogP contribution < -0.4 is 10.6 Å². The lowest BCUT2D eigenvalue weighted by atomic mass is 10.2. The summed E-state index contributed by atoms with van der Waals surface area (Å²) in [6, 6.07) is 7.98. The van der Waals surface area contributed by atoms with Crippen LogP contribution >= 0.6 is 0 Å². The Labute approximate surface area is 165 Å². The third-order valence-electron chi connectivity index (χ3n) is 3.95. The van der Waals surface area contributed by atoms with Crippen LogP contribution in [0.15, 0.2) is 41.4 Å². The highest BCUT2D eigenvalue weighted by Gasteiger charge is 2.20. The van der Waals surface area contributed by atoms with Gasteiger partial charge in [-0.15, -0.1) is 0 Å². The molecule has 0 saturated heterocycles. The number of carbonyl (C=O) groups is 2. The van der Waals surface area contributed by atoms with Crippen molar-refractivity contribution in [3.8, 4) is 0 Å². The van der Waals surface area contributed by atoms with Gasteiger partial charge >= 0.3 is 0 Å². The highest BCUT2D eigenvalue weighted by atomic mass is 32.2. The van der Waals surface area contributed by atoms with Crippen LogP contribution in [0.1, 0.15) is 37.7 Å². The van der Waals surface area contributed by atoms with Crippen molar-refractivity contribution in [3.05, 3.63) is 42.2 Å². The number of sulfone groups is 1. The van der Waals surface area contributed by atoms with E-state index in [0.717, 1.165) is 0 Å². The van der Waals surface area contributed by atoms with E-state index in [4.69, 9.17) is 0 Å². The maximum atomic E-state index is 12.3. The summed E-state index contributed by atoms with van der Waals surface area (Å²) < 4.78 is 26.1. The third-order valence-corrected chi connectivity index (χ3v) is 5.68. The van der Waals surface area contributed by atoms with Gasteiger partial charge < -0.3 is 10.6 Å². The molecule has 8 nitrogen and oxygen atoms in total. The molecule has 0 atom stereocenters.